The molecule has 3 aromatic carbocycles. The Bertz CT molecular complexity index is 972. The van der Waals surface area contributed by atoms with Gasteiger partial charge in [0.05, 0.1) is 0 Å². The second kappa shape index (κ2) is 6.98. The van der Waals surface area contributed by atoms with Gasteiger partial charge in [-0.05, 0) is 58.7 Å². The van der Waals surface area contributed by atoms with E-state index in [-0.39, 0.29) is 0 Å². The summed E-state index contributed by atoms with van der Waals surface area (Å²) in [5.41, 5.74) is 7.54. The number of benzene rings is 3. The average Bonchev–Trinajstić information content (AvgIpc) is 2.58. The topological polar surface area (TPSA) is 3.24 Å². The molecule has 25 heavy (non-hydrogen) atoms. The van der Waals surface area contributed by atoms with Gasteiger partial charge in [0.2, 0.25) is 0 Å². The van der Waals surface area contributed by atoms with Gasteiger partial charge in [-0.1, -0.05) is 66.7 Å². The van der Waals surface area contributed by atoms with Crippen molar-refractivity contribution < 1.29 is 0 Å². The largest absolute Gasteiger partial charge is 0.377 e. The summed E-state index contributed by atoms with van der Waals surface area (Å²) in [5.74, 6) is 0. The van der Waals surface area contributed by atoms with Crippen molar-refractivity contribution in [2.75, 3.05) is 19.0 Å². The quantitative estimate of drug-likeness (QED) is 0.702. The van der Waals surface area contributed by atoms with E-state index >= 15 is 0 Å². The zero-order valence-corrected chi connectivity index (χ0v) is 15.5. The van der Waals surface area contributed by atoms with Gasteiger partial charge >= 0.3 is 0 Å². The van der Waals surface area contributed by atoms with Crippen molar-refractivity contribution in [1.29, 1.82) is 0 Å². The number of nitrogens with zero attached hydrogens (tertiary/aromatic N) is 1. The summed E-state index contributed by atoms with van der Waals surface area (Å²) in [5, 5.41) is 2.25. The Morgan fingerprint density at radius 3 is 1.92 bits per heavy atom. The molecule has 0 unspecified atom stereocenters. The van der Waals surface area contributed by atoms with Crippen molar-refractivity contribution >= 4 is 17.8 Å². The van der Waals surface area contributed by atoms with Crippen LogP contribution in [0.25, 0.3) is 12.2 Å². The van der Waals surface area contributed by atoms with Gasteiger partial charge in [0.1, 0.15) is 0 Å². The first-order valence-corrected chi connectivity index (χ1v) is 8.60. The van der Waals surface area contributed by atoms with Crippen LogP contribution in [-0.2, 0) is 0 Å². The van der Waals surface area contributed by atoms with Crippen molar-refractivity contribution in [3.8, 4) is 0 Å². The highest BCUT2D eigenvalue weighted by Gasteiger charge is 2.09. The van der Waals surface area contributed by atoms with Crippen LogP contribution in [0.1, 0.15) is 22.3 Å². The Morgan fingerprint density at radius 1 is 0.760 bits per heavy atom. The lowest BCUT2D eigenvalue weighted by Gasteiger charge is -2.18. The van der Waals surface area contributed by atoms with E-state index in [0.717, 1.165) is 5.22 Å². The first-order chi connectivity index (χ1) is 12.0. The first-order valence-electron chi connectivity index (χ1n) is 8.60. The summed E-state index contributed by atoms with van der Waals surface area (Å²) in [6.07, 6.45) is 0. The minimum Gasteiger partial charge on any atom is -0.377 e. The van der Waals surface area contributed by atoms with Gasteiger partial charge in [-0.15, -0.1) is 0 Å². The van der Waals surface area contributed by atoms with E-state index in [1.165, 1.54) is 38.7 Å². The molecule has 0 aromatic heterocycles. The maximum absolute atomic E-state index is 4.01. The van der Waals surface area contributed by atoms with E-state index in [9.17, 15) is 0 Å². The van der Waals surface area contributed by atoms with Gasteiger partial charge in [0, 0.05) is 19.8 Å². The SMILES string of the molecule is C=c1ccc(=C(c2ccc(C)cc2)c2ccc(N(C)C)c(C)c2)cc1. The second-order valence-corrected chi connectivity index (χ2v) is 6.83. The predicted octanol–water partition coefficient (Wildman–Crippen LogP) is 4.03. The monoisotopic (exact) mass is 327 g/mol. The highest BCUT2D eigenvalue weighted by atomic mass is 15.1. The summed E-state index contributed by atoms with van der Waals surface area (Å²) in [6.45, 7) is 8.30. The normalized spacial score (nSPS) is 10.6. The number of rotatable bonds is 3. The average molecular weight is 327 g/mol. The third-order valence-corrected chi connectivity index (χ3v) is 4.55. The molecule has 0 amide bonds. The molecule has 0 bridgehead atoms. The Kier molecular flexibility index (Phi) is 4.76. The van der Waals surface area contributed by atoms with E-state index in [1.807, 2.05) is 0 Å². The van der Waals surface area contributed by atoms with Crippen LogP contribution in [0.5, 0.6) is 0 Å². The van der Waals surface area contributed by atoms with E-state index in [0.29, 0.717) is 0 Å². The first kappa shape index (κ1) is 17.0. The standard InChI is InChI=1S/C24H25N/c1-17-6-10-20(11-7-17)24(21-12-8-18(2)9-13-21)22-14-15-23(25(4)5)19(3)16-22/h6-16H,1H2,2-5H3. The molecule has 0 N–H and O–H groups in total. The van der Waals surface area contributed by atoms with Crippen LogP contribution in [0.2, 0.25) is 0 Å². The fraction of sp³-hybridized carbons (Fsp3) is 0.167. The molecule has 3 rings (SSSR count). The minimum absolute atomic E-state index is 1.03. The van der Waals surface area contributed by atoms with Gasteiger partial charge in [0.25, 0.3) is 0 Å². The highest BCUT2D eigenvalue weighted by molar-refractivity contribution is 5.80. The zero-order chi connectivity index (χ0) is 18.0. The van der Waals surface area contributed by atoms with Crippen LogP contribution >= 0.6 is 0 Å². The molecule has 0 heterocycles. The van der Waals surface area contributed by atoms with E-state index < -0.39 is 0 Å². The summed E-state index contributed by atoms with van der Waals surface area (Å²) in [6, 6.07) is 23.9. The lowest BCUT2D eigenvalue weighted by molar-refractivity contribution is 1.11. The molecule has 0 fully saturated rings. The molecule has 3 aromatic rings. The smallest absolute Gasteiger partial charge is 0.0391 e. The molecule has 0 aliphatic heterocycles. The van der Waals surface area contributed by atoms with Crippen LogP contribution in [0.4, 0.5) is 5.69 Å². The molecular formula is C24H25N. The molecule has 1 nitrogen and oxygen atoms in total. The second-order valence-electron chi connectivity index (χ2n) is 6.83. The summed E-state index contributed by atoms with van der Waals surface area (Å²) < 4.78 is 0. The molecule has 0 atom stereocenters. The maximum atomic E-state index is 4.01. The Hall–Kier alpha value is -2.80. The molecule has 0 spiro atoms. The summed E-state index contributed by atoms with van der Waals surface area (Å²) >= 11 is 0. The highest BCUT2D eigenvalue weighted by Crippen LogP contribution is 2.26. The molecule has 0 saturated carbocycles. The third-order valence-electron chi connectivity index (χ3n) is 4.55. The van der Waals surface area contributed by atoms with Crippen LogP contribution < -0.4 is 15.3 Å². The van der Waals surface area contributed by atoms with Crippen LogP contribution in [0.3, 0.4) is 0 Å². The predicted molar refractivity (Wildman–Crippen MR) is 110 cm³/mol. The zero-order valence-electron chi connectivity index (χ0n) is 15.5. The summed E-state index contributed by atoms with van der Waals surface area (Å²) in [7, 11) is 4.17. The van der Waals surface area contributed by atoms with Crippen LogP contribution in [0.15, 0.2) is 66.7 Å². The molecule has 126 valence electrons. The third kappa shape index (κ3) is 3.66. The lowest BCUT2D eigenvalue weighted by atomic mass is 9.93. The van der Waals surface area contributed by atoms with Gasteiger partial charge in [0.15, 0.2) is 0 Å². The van der Waals surface area contributed by atoms with Gasteiger partial charge in [-0.2, -0.15) is 0 Å². The van der Waals surface area contributed by atoms with Crippen molar-refractivity contribution in [3.63, 3.8) is 0 Å². The van der Waals surface area contributed by atoms with Gasteiger partial charge in [-0.3, -0.25) is 0 Å². The molecule has 0 saturated heterocycles. The van der Waals surface area contributed by atoms with Crippen molar-refractivity contribution in [2.45, 2.75) is 13.8 Å². The van der Waals surface area contributed by atoms with Crippen LogP contribution in [-0.4, -0.2) is 14.1 Å². The Morgan fingerprint density at radius 2 is 1.36 bits per heavy atom. The van der Waals surface area contributed by atoms with Crippen molar-refractivity contribution in [3.05, 3.63) is 99.4 Å². The van der Waals surface area contributed by atoms with E-state index in [4.69, 9.17) is 0 Å². The van der Waals surface area contributed by atoms with Crippen molar-refractivity contribution in [2.24, 2.45) is 0 Å². The number of hydrogen-bond donors (Lipinski definition) is 0. The van der Waals surface area contributed by atoms with E-state index in [2.05, 4.69) is 106 Å². The molecule has 0 radical (unpaired) electrons. The van der Waals surface area contributed by atoms with Gasteiger partial charge < -0.3 is 4.90 Å². The number of anilines is 1. The number of aryl methyl sites for hydroxylation is 2. The number of hydrogen-bond acceptors (Lipinski definition) is 1. The lowest BCUT2D eigenvalue weighted by Crippen LogP contribution is -2.13. The fourth-order valence-corrected chi connectivity index (χ4v) is 3.20. The minimum atomic E-state index is 1.03. The van der Waals surface area contributed by atoms with Gasteiger partial charge in [-0.25, -0.2) is 0 Å². The molecular weight excluding hydrogens is 302 g/mol. The van der Waals surface area contributed by atoms with E-state index in [1.54, 1.807) is 0 Å². The summed E-state index contributed by atoms with van der Waals surface area (Å²) in [4.78, 5) is 2.15. The maximum Gasteiger partial charge on any atom is 0.0391 e. The molecule has 0 aliphatic carbocycles. The van der Waals surface area contributed by atoms with Crippen molar-refractivity contribution in [1.82, 2.24) is 0 Å². The van der Waals surface area contributed by atoms with Crippen LogP contribution in [0, 0.1) is 13.8 Å². The molecule has 1 heteroatoms. The Labute approximate surface area is 150 Å². The molecule has 0 aliphatic rings. The fourth-order valence-electron chi connectivity index (χ4n) is 3.20. The Balaban J connectivity index is 2.27.